The van der Waals surface area contributed by atoms with E-state index < -0.39 is 10.2 Å². The molecule has 1 aromatic rings. The molecule has 0 radical (unpaired) electrons. The van der Waals surface area contributed by atoms with Crippen LogP contribution in [-0.4, -0.2) is 39.5 Å². The highest BCUT2D eigenvalue weighted by Crippen LogP contribution is 2.25. The number of hydrogen-bond acceptors (Lipinski definition) is 5. The molecule has 0 bridgehead atoms. The summed E-state index contributed by atoms with van der Waals surface area (Å²) in [5.41, 5.74) is 7.06. The van der Waals surface area contributed by atoms with E-state index in [-0.39, 0.29) is 10.5 Å². The molecule has 0 saturated carbocycles. The Morgan fingerprint density at radius 2 is 2.00 bits per heavy atom. The second kappa shape index (κ2) is 5.44. The third-order valence-electron chi connectivity index (χ3n) is 3.34. The summed E-state index contributed by atoms with van der Waals surface area (Å²) in [6.45, 7) is 5.65. The molecule has 1 aliphatic heterocycles. The van der Waals surface area contributed by atoms with Gasteiger partial charge in [-0.25, -0.2) is 0 Å². The quantitative estimate of drug-likeness (QED) is 0.630. The number of nitrogens with one attached hydrogen (secondary N) is 1. The monoisotopic (exact) mass is 287 g/mol. The maximum atomic E-state index is 13.2. The first-order valence-corrected chi connectivity index (χ1v) is 7.53. The van der Waals surface area contributed by atoms with Gasteiger partial charge >= 0.3 is 10.2 Å². The Morgan fingerprint density at radius 3 is 2.58 bits per heavy atom. The van der Waals surface area contributed by atoms with E-state index in [0.29, 0.717) is 12.2 Å². The van der Waals surface area contributed by atoms with Crippen LogP contribution in [0.5, 0.6) is 0 Å². The molecule has 5 nitrogen and oxygen atoms in total. The Kier molecular flexibility index (Phi) is 4.07. The van der Waals surface area contributed by atoms with E-state index in [4.69, 9.17) is 5.73 Å². The number of anilines is 1. The molecule has 1 saturated heterocycles. The average Bonchev–Trinajstić information content (AvgIpc) is 2.33. The molecule has 0 aromatic heterocycles. The van der Waals surface area contributed by atoms with Gasteiger partial charge in [-0.2, -0.15) is 8.42 Å². The summed E-state index contributed by atoms with van der Waals surface area (Å²) >= 11 is 0. The highest BCUT2D eigenvalue weighted by atomic mass is 32.3. The van der Waals surface area contributed by atoms with Gasteiger partial charge in [0.2, 0.25) is 0 Å². The van der Waals surface area contributed by atoms with Crippen LogP contribution in [0, 0.1) is 6.92 Å². The maximum absolute atomic E-state index is 13.2. The normalized spacial score (nSPS) is 17.6. The molecule has 3 N–H and O–H groups in total. The molecule has 1 heterocycles. The van der Waals surface area contributed by atoms with Crippen LogP contribution in [0.25, 0.3) is 0 Å². The molecule has 7 heteroatoms. The first-order chi connectivity index (χ1) is 8.88. The molecular formula is C12H18FN3O2S. The summed E-state index contributed by atoms with van der Waals surface area (Å²) in [6, 6.07) is 3.09. The number of nitrogens with zero attached hydrogens (tertiary/aromatic N) is 1. The summed E-state index contributed by atoms with van der Waals surface area (Å²) < 4.78 is 35.4. The highest BCUT2D eigenvalue weighted by Gasteiger charge is 2.19. The molecule has 0 spiro atoms. The lowest BCUT2D eigenvalue weighted by atomic mass is 10.1. The van der Waals surface area contributed by atoms with Crippen LogP contribution in [0.3, 0.4) is 0 Å². The van der Waals surface area contributed by atoms with Crippen molar-refractivity contribution in [2.75, 3.05) is 31.9 Å². The summed E-state index contributed by atoms with van der Waals surface area (Å²) in [5.74, 6) is 0. The zero-order valence-electron chi connectivity index (χ0n) is 10.8. The number of halogens is 1. The number of rotatable bonds is 3. The van der Waals surface area contributed by atoms with E-state index in [0.717, 1.165) is 31.7 Å². The van der Waals surface area contributed by atoms with Gasteiger partial charge in [0, 0.05) is 38.4 Å². The van der Waals surface area contributed by atoms with Gasteiger partial charge < -0.3 is 11.1 Å². The Bertz CT molecular complexity index is 569. The van der Waals surface area contributed by atoms with Crippen LogP contribution < -0.4 is 11.1 Å². The van der Waals surface area contributed by atoms with E-state index >= 15 is 0 Å². The van der Waals surface area contributed by atoms with Crippen molar-refractivity contribution in [1.82, 2.24) is 10.2 Å². The third kappa shape index (κ3) is 3.43. The molecule has 0 unspecified atom stereocenters. The second-order valence-electron chi connectivity index (χ2n) is 4.77. The van der Waals surface area contributed by atoms with E-state index in [9.17, 15) is 12.3 Å². The maximum Gasteiger partial charge on any atom is 0.332 e. The fourth-order valence-corrected chi connectivity index (χ4v) is 3.02. The molecule has 2 rings (SSSR count). The smallest absolute Gasteiger partial charge is 0.332 e. The molecule has 1 fully saturated rings. The molecule has 19 heavy (non-hydrogen) atoms. The fourth-order valence-electron chi connectivity index (χ4n) is 2.24. The van der Waals surface area contributed by atoms with Gasteiger partial charge in [-0.15, -0.1) is 3.89 Å². The third-order valence-corrected chi connectivity index (χ3v) is 4.29. The summed E-state index contributed by atoms with van der Waals surface area (Å²) in [4.78, 5) is 1.85. The number of piperazine rings is 1. The largest absolute Gasteiger partial charge is 0.398 e. The predicted octanol–water partition coefficient (Wildman–Crippen LogP) is 0.641. The van der Waals surface area contributed by atoms with Crippen molar-refractivity contribution >= 4 is 15.9 Å². The zero-order valence-corrected chi connectivity index (χ0v) is 11.6. The van der Waals surface area contributed by atoms with Crippen molar-refractivity contribution in [2.45, 2.75) is 18.4 Å². The lowest BCUT2D eigenvalue weighted by Crippen LogP contribution is -2.42. The number of benzene rings is 1. The Hall–Kier alpha value is -1.18. The molecule has 0 aliphatic carbocycles. The predicted molar refractivity (Wildman–Crippen MR) is 72.0 cm³/mol. The Balaban J connectivity index is 2.29. The fraction of sp³-hybridized carbons (Fsp3) is 0.500. The molecule has 1 aromatic carbocycles. The SMILES string of the molecule is Cc1c(N)cc(CN2CCNCC2)cc1S(=O)(=O)F. The van der Waals surface area contributed by atoms with E-state index in [1.54, 1.807) is 6.07 Å². The average molecular weight is 287 g/mol. The summed E-state index contributed by atoms with van der Waals surface area (Å²) in [5, 5.41) is 3.23. The van der Waals surface area contributed by atoms with Gasteiger partial charge in [-0.3, -0.25) is 4.90 Å². The van der Waals surface area contributed by atoms with Crippen molar-refractivity contribution in [3.8, 4) is 0 Å². The highest BCUT2D eigenvalue weighted by molar-refractivity contribution is 7.86. The standard InChI is InChI=1S/C12H18FN3O2S/c1-9-11(14)6-10(7-12(9)19(13,17)18)8-16-4-2-15-3-5-16/h6-7,15H,2-5,8,14H2,1H3. The molecule has 0 amide bonds. The van der Waals surface area contributed by atoms with E-state index in [2.05, 4.69) is 10.2 Å². The van der Waals surface area contributed by atoms with Gasteiger partial charge in [-0.05, 0) is 30.2 Å². The molecule has 1 aliphatic rings. The van der Waals surface area contributed by atoms with Gasteiger partial charge in [0.15, 0.2) is 0 Å². The Labute approximate surface area is 112 Å². The summed E-state index contributed by atoms with van der Waals surface area (Å²) in [7, 11) is -4.73. The van der Waals surface area contributed by atoms with Crippen molar-refractivity contribution in [3.05, 3.63) is 23.3 Å². The minimum Gasteiger partial charge on any atom is -0.398 e. The van der Waals surface area contributed by atoms with Crippen LogP contribution in [0.1, 0.15) is 11.1 Å². The number of nitrogen functional groups attached to an aromatic ring is 1. The van der Waals surface area contributed by atoms with Crippen LogP contribution in [0.15, 0.2) is 17.0 Å². The van der Waals surface area contributed by atoms with Gasteiger partial charge in [0.25, 0.3) is 0 Å². The van der Waals surface area contributed by atoms with Crippen molar-refractivity contribution < 1.29 is 12.3 Å². The van der Waals surface area contributed by atoms with Crippen LogP contribution >= 0.6 is 0 Å². The van der Waals surface area contributed by atoms with Crippen LogP contribution in [0.4, 0.5) is 9.57 Å². The minimum atomic E-state index is -4.73. The van der Waals surface area contributed by atoms with Crippen molar-refractivity contribution in [1.29, 1.82) is 0 Å². The van der Waals surface area contributed by atoms with E-state index in [1.165, 1.54) is 13.0 Å². The lowest BCUT2D eigenvalue weighted by molar-refractivity contribution is 0.233. The van der Waals surface area contributed by atoms with Crippen molar-refractivity contribution in [3.63, 3.8) is 0 Å². The molecule has 0 atom stereocenters. The second-order valence-corrected chi connectivity index (χ2v) is 6.09. The first kappa shape index (κ1) is 14.2. The van der Waals surface area contributed by atoms with Crippen LogP contribution in [0.2, 0.25) is 0 Å². The summed E-state index contributed by atoms with van der Waals surface area (Å²) in [6.07, 6.45) is 0. The lowest BCUT2D eigenvalue weighted by Gasteiger charge is -2.27. The molecular weight excluding hydrogens is 269 g/mol. The van der Waals surface area contributed by atoms with Gasteiger partial charge in [0.05, 0.1) is 0 Å². The van der Waals surface area contributed by atoms with Gasteiger partial charge in [-0.1, -0.05) is 0 Å². The molecule has 106 valence electrons. The van der Waals surface area contributed by atoms with E-state index in [1.807, 2.05) is 0 Å². The van der Waals surface area contributed by atoms with Crippen LogP contribution in [-0.2, 0) is 16.8 Å². The first-order valence-electron chi connectivity index (χ1n) is 6.14. The number of nitrogens with two attached hydrogens (primary N) is 1. The minimum absolute atomic E-state index is 0.270. The van der Waals surface area contributed by atoms with Gasteiger partial charge in [0.1, 0.15) is 4.90 Å². The topological polar surface area (TPSA) is 75.4 Å². The van der Waals surface area contributed by atoms with Crippen molar-refractivity contribution in [2.24, 2.45) is 0 Å². The Morgan fingerprint density at radius 1 is 1.37 bits per heavy atom. The zero-order chi connectivity index (χ0) is 14.0. The number of hydrogen-bond donors (Lipinski definition) is 2.